The van der Waals surface area contributed by atoms with E-state index in [-0.39, 0.29) is 18.5 Å². The zero-order chi connectivity index (χ0) is 23.5. The van der Waals surface area contributed by atoms with Gasteiger partial charge in [0, 0.05) is 36.8 Å². The molecule has 2 aromatic carbocycles. The fraction of sp³-hybridized carbons (Fsp3) is 0.360. The third-order valence-electron chi connectivity index (χ3n) is 5.85. The zero-order valence-corrected chi connectivity index (χ0v) is 20.6. The van der Waals surface area contributed by atoms with Crippen LogP contribution in [0.4, 0.5) is 5.69 Å². The van der Waals surface area contributed by atoms with Crippen LogP contribution in [0.2, 0.25) is 0 Å². The average molecular weight is 515 g/mol. The number of rotatable bonds is 7. The van der Waals surface area contributed by atoms with Gasteiger partial charge in [0.25, 0.3) is 0 Å². The summed E-state index contributed by atoms with van der Waals surface area (Å²) in [6.07, 6.45) is 4.79. The molecule has 33 heavy (non-hydrogen) atoms. The highest BCUT2D eigenvalue weighted by atomic mass is 79.9. The van der Waals surface area contributed by atoms with Crippen molar-refractivity contribution in [3.05, 3.63) is 51.1 Å². The van der Waals surface area contributed by atoms with E-state index in [9.17, 15) is 9.59 Å². The molecule has 2 aliphatic rings. The van der Waals surface area contributed by atoms with Crippen molar-refractivity contribution in [1.82, 2.24) is 4.90 Å². The Labute approximate surface area is 201 Å². The number of unbranched alkanes of at least 4 members (excludes halogenated alkanes) is 1. The van der Waals surface area contributed by atoms with Gasteiger partial charge in [0.05, 0.1) is 17.3 Å². The third kappa shape index (κ3) is 4.57. The van der Waals surface area contributed by atoms with E-state index in [1.165, 1.54) is 0 Å². The van der Waals surface area contributed by atoms with Crippen molar-refractivity contribution in [2.45, 2.75) is 32.6 Å². The summed E-state index contributed by atoms with van der Waals surface area (Å²) < 4.78 is 17.8. The summed E-state index contributed by atoms with van der Waals surface area (Å²) in [6.45, 7) is 2.81. The van der Waals surface area contributed by atoms with Crippen LogP contribution in [0.3, 0.4) is 0 Å². The van der Waals surface area contributed by atoms with Crippen LogP contribution in [-0.2, 0) is 11.2 Å². The van der Waals surface area contributed by atoms with Crippen molar-refractivity contribution in [3.63, 3.8) is 0 Å². The van der Waals surface area contributed by atoms with Crippen molar-refractivity contribution in [3.8, 4) is 17.2 Å². The molecular formula is C25H27BrN2O5. The second kappa shape index (κ2) is 9.87. The number of carbonyl (C=O) groups excluding carboxylic acids is 2. The number of nitrogens with one attached hydrogen (secondary N) is 1. The molecule has 4 rings (SSSR count). The smallest absolute Gasteiger partial charge is 0.231 e. The van der Waals surface area contributed by atoms with Gasteiger partial charge in [-0.15, -0.1) is 0 Å². The maximum Gasteiger partial charge on any atom is 0.231 e. The van der Waals surface area contributed by atoms with Gasteiger partial charge in [-0.25, -0.2) is 0 Å². The number of ether oxygens (including phenoxy) is 3. The van der Waals surface area contributed by atoms with Gasteiger partial charge in [0.2, 0.25) is 24.2 Å². The van der Waals surface area contributed by atoms with Crippen LogP contribution in [-0.4, -0.2) is 44.1 Å². The van der Waals surface area contributed by atoms with Crippen LogP contribution in [0.5, 0.6) is 17.2 Å². The first-order chi connectivity index (χ1) is 15.9. The van der Waals surface area contributed by atoms with Crippen molar-refractivity contribution in [1.29, 1.82) is 0 Å². The number of hydrogen-bond donors (Lipinski definition) is 1. The van der Waals surface area contributed by atoms with Gasteiger partial charge < -0.3 is 24.4 Å². The second-order valence-electron chi connectivity index (χ2n) is 8.07. The van der Waals surface area contributed by atoms with Gasteiger partial charge >= 0.3 is 0 Å². The highest BCUT2D eigenvalue weighted by molar-refractivity contribution is 9.10. The predicted molar refractivity (Wildman–Crippen MR) is 130 cm³/mol. The Bertz CT molecular complexity index is 1130. The van der Waals surface area contributed by atoms with Gasteiger partial charge in [0.1, 0.15) is 0 Å². The standard InChI is InChI=1S/C25H27BrN2O5/c1-4-5-9-20(29)27-16-8-6-7-15(12-16)22(30)19-13-18-17(10-11-28(19)2)21(26)24-25(23(18)31-3)33-14-32-24/h6-8,12-13H,4-5,9-11,14H2,1-3H3,(H,27,29). The fourth-order valence-electron chi connectivity index (χ4n) is 4.06. The Morgan fingerprint density at radius 3 is 2.79 bits per heavy atom. The van der Waals surface area contributed by atoms with E-state index in [0.717, 1.165) is 28.4 Å². The molecule has 1 amide bonds. The molecule has 7 nitrogen and oxygen atoms in total. The van der Waals surface area contributed by atoms with E-state index >= 15 is 0 Å². The topological polar surface area (TPSA) is 77.1 Å². The Morgan fingerprint density at radius 2 is 2.03 bits per heavy atom. The number of Topliss-reactive ketones (excluding diaryl/α,β-unsaturated/α-hetero) is 1. The molecule has 0 fully saturated rings. The van der Waals surface area contributed by atoms with E-state index in [2.05, 4.69) is 21.2 Å². The molecule has 0 atom stereocenters. The first-order valence-corrected chi connectivity index (χ1v) is 11.8. The molecule has 2 aliphatic heterocycles. The lowest BCUT2D eigenvalue weighted by Gasteiger charge is -2.20. The van der Waals surface area contributed by atoms with E-state index in [0.29, 0.717) is 53.6 Å². The summed E-state index contributed by atoms with van der Waals surface area (Å²) in [6, 6.07) is 7.06. The quantitative estimate of drug-likeness (QED) is 0.522. The number of anilines is 1. The lowest BCUT2D eigenvalue weighted by molar-refractivity contribution is -0.116. The molecule has 2 heterocycles. The first-order valence-electron chi connectivity index (χ1n) is 11.0. The van der Waals surface area contributed by atoms with Gasteiger partial charge in [-0.2, -0.15) is 0 Å². The number of amides is 1. The molecule has 0 saturated heterocycles. The number of allylic oxidation sites excluding steroid dienone is 1. The van der Waals surface area contributed by atoms with E-state index in [4.69, 9.17) is 14.2 Å². The Balaban J connectivity index is 1.70. The first kappa shape index (κ1) is 23.2. The van der Waals surface area contributed by atoms with Gasteiger partial charge in [-0.05, 0) is 52.5 Å². The summed E-state index contributed by atoms with van der Waals surface area (Å²) >= 11 is 3.65. The maximum atomic E-state index is 13.6. The fourth-order valence-corrected chi connectivity index (χ4v) is 4.76. The zero-order valence-electron chi connectivity index (χ0n) is 19.0. The second-order valence-corrected chi connectivity index (χ2v) is 8.86. The van der Waals surface area contributed by atoms with Crippen LogP contribution in [0.25, 0.3) is 6.08 Å². The van der Waals surface area contributed by atoms with Crippen LogP contribution >= 0.6 is 15.9 Å². The lowest BCUT2D eigenvalue weighted by atomic mass is 10.0. The summed E-state index contributed by atoms with van der Waals surface area (Å²) in [4.78, 5) is 27.6. The van der Waals surface area contributed by atoms with Crippen LogP contribution < -0.4 is 19.5 Å². The minimum atomic E-state index is -0.133. The number of benzene rings is 2. The van der Waals surface area contributed by atoms with Crippen molar-refractivity contribution >= 4 is 39.4 Å². The number of halogens is 1. The van der Waals surface area contributed by atoms with E-state index in [1.807, 2.05) is 24.9 Å². The monoisotopic (exact) mass is 514 g/mol. The number of likely N-dealkylation sites (N-methyl/N-ethyl adjacent to an activating group) is 1. The summed E-state index contributed by atoms with van der Waals surface area (Å²) in [5, 5.41) is 2.89. The Morgan fingerprint density at radius 1 is 1.24 bits per heavy atom. The van der Waals surface area contributed by atoms with E-state index in [1.54, 1.807) is 31.4 Å². The molecule has 0 radical (unpaired) electrons. The molecule has 174 valence electrons. The molecule has 0 unspecified atom stereocenters. The number of fused-ring (bicyclic) bond motifs is 2. The summed E-state index contributed by atoms with van der Waals surface area (Å²) in [5.41, 5.74) is 3.45. The molecule has 0 aromatic heterocycles. The molecule has 1 N–H and O–H groups in total. The Kier molecular flexibility index (Phi) is 6.93. The molecule has 0 bridgehead atoms. The highest BCUT2D eigenvalue weighted by Gasteiger charge is 2.31. The SMILES string of the molecule is CCCCC(=O)Nc1cccc(C(=O)C2=Cc3c(c(Br)c4c(c3OC)OCO4)CCN2C)c1. The average Bonchev–Trinajstić information content (AvgIpc) is 3.23. The molecule has 0 saturated carbocycles. The van der Waals surface area contributed by atoms with Crippen LogP contribution in [0.15, 0.2) is 34.4 Å². The number of nitrogens with zero attached hydrogens (tertiary/aromatic N) is 1. The van der Waals surface area contributed by atoms with Crippen molar-refractivity contribution in [2.75, 3.05) is 32.8 Å². The Hall–Kier alpha value is -3.00. The number of hydrogen-bond acceptors (Lipinski definition) is 6. The minimum absolute atomic E-state index is 0.0492. The number of methoxy groups -OCH3 is 1. The van der Waals surface area contributed by atoms with Gasteiger partial charge in [0.15, 0.2) is 11.5 Å². The number of carbonyl (C=O) groups is 2. The summed E-state index contributed by atoms with van der Waals surface area (Å²) in [7, 11) is 3.48. The van der Waals surface area contributed by atoms with Crippen LogP contribution in [0.1, 0.15) is 47.7 Å². The van der Waals surface area contributed by atoms with Crippen LogP contribution in [0, 0.1) is 0 Å². The lowest BCUT2D eigenvalue weighted by Crippen LogP contribution is -2.24. The van der Waals surface area contributed by atoms with Gasteiger partial charge in [-0.3, -0.25) is 9.59 Å². The molecule has 0 spiro atoms. The normalized spacial score (nSPS) is 14.3. The third-order valence-corrected chi connectivity index (χ3v) is 6.68. The molecule has 8 heteroatoms. The molecule has 0 aliphatic carbocycles. The van der Waals surface area contributed by atoms with Crippen molar-refractivity contribution < 1.29 is 23.8 Å². The van der Waals surface area contributed by atoms with Gasteiger partial charge in [-0.1, -0.05) is 25.5 Å². The highest BCUT2D eigenvalue weighted by Crippen LogP contribution is 2.51. The molecular weight excluding hydrogens is 488 g/mol. The predicted octanol–water partition coefficient (Wildman–Crippen LogP) is 5.03. The molecule has 2 aromatic rings. The summed E-state index contributed by atoms with van der Waals surface area (Å²) in [5.74, 6) is 1.53. The largest absolute Gasteiger partial charge is 0.492 e. The maximum absolute atomic E-state index is 13.6. The number of ketones is 1. The van der Waals surface area contributed by atoms with E-state index < -0.39 is 0 Å². The van der Waals surface area contributed by atoms with Crippen molar-refractivity contribution in [2.24, 2.45) is 0 Å². The minimum Gasteiger partial charge on any atom is -0.492 e.